The van der Waals surface area contributed by atoms with E-state index < -0.39 is 0 Å². The smallest absolute Gasteiger partial charge is 0.00639 e. The van der Waals surface area contributed by atoms with Gasteiger partial charge in [0.25, 0.3) is 0 Å². The largest absolute Gasteiger partial charge is 0.0835 e. The molecular weight excluding hydrogens is 108 g/mol. The van der Waals surface area contributed by atoms with Gasteiger partial charge in [0, 0.05) is 0 Å². The number of hydrogen-bond acceptors (Lipinski definition) is 0. The van der Waals surface area contributed by atoms with Crippen LogP contribution in [0.5, 0.6) is 0 Å². The van der Waals surface area contributed by atoms with Crippen LogP contribution in [-0.2, 0) is 0 Å². The molecule has 0 unspecified atom stereocenters. The molecular formula is C9H11. The van der Waals surface area contributed by atoms with Crippen LogP contribution in [0.3, 0.4) is 0 Å². The molecule has 0 N–H and O–H groups in total. The summed E-state index contributed by atoms with van der Waals surface area (Å²) in [6.45, 7) is 4.19. The van der Waals surface area contributed by atoms with Crippen molar-refractivity contribution in [3.63, 3.8) is 0 Å². The second kappa shape index (κ2) is 2.67. The van der Waals surface area contributed by atoms with Gasteiger partial charge in [-0.2, -0.15) is 0 Å². The lowest BCUT2D eigenvalue weighted by Crippen LogP contribution is -1.85. The lowest BCUT2D eigenvalue weighted by atomic mass is 10.0. The third-order valence-electron chi connectivity index (χ3n) is 1.45. The van der Waals surface area contributed by atoms with Gasteiger partial charge in [-0.3, -0.25) is 0 Å². The average Bonchev–Trinajstić information content (AvgIpc) is 1.88. The van der Waals surface area contributed by atoms with Crippen LogP contribution in [0.4, 0.5) is 0 Å². The standard InChI is InChI=1S/C9H11/c1-3-9-6-4-5-8(2)7-9/h3-5H,7H2,1-2H3. The first kappa shape index (κ1) is 6.34. The molecule has 0 bridgehead atoms. The molecule has 0 aromatic carbocycles. The SMILES string of the molecule is CC=C1[C]=CC=C(C)C1. The number of allylic oxidation sites excluding steroid dienone is 6. The van der Waals surface area contributed by atoms with Crippen molar-refractivity contribution in [1.29, 1.82) is 0 Å². The minimum Gasteiger partial charge on any atom is -0.0835 e. The molecule has 1 aliphatic rings. The zero-order valence-electron chi connectivity index (χ0n) is 5.94. The predicted octanol–water partition coefficient (Wildman–Crippen LogP) is 2.64. The molecule has 0 fully saturated rings. The molecule has 1 radical (unpaired) electrons. The Hall–Kier alpha value is -0.780. The third-order valence-corrected chi connectivity index (χ3v) is 1.45. The topological polar surface area (TPSA) is 0 Å². The van der Waals surface area contributed by atoms with Crippen molar-refractivity contribution in [3.05, 3.63) is 35.5 Å². The van der Waals surface area contributed by atoms with Gasteiger partial charge in [0.2, 0.25) is 0 Å². The van der Waals surface area contributed by atoms with E-state index in [1.807, 2.05) is 6.08 Å². The zero-order valence-corrected chi connectivity index (χ0v) is 5.94. The lowest BCUT2D eigenvalue weighted by molar-refractivity contribution is 1.11. The molecule has 0 aromatic rings. The molecule has 0 atom stereocenters. The molecule has 0 saturated carbocycles. The van der Waals surface area contributed by atoms with Crippen molar-refractivity contribution in [1.82, 2.24) is 0 Å². The molecule has 0 saturated heterocycles. The van der Waals surface area contributed by atoms with Gasteiger partial charge < -0.3 is 0 Å². The minimum atomic E-state index is 1.08. The van der Waals surface area contributed by atoms with Crippen LogP contribution in [0.1, 0.15) is 20.3 Å². The van der Waals surface area contributed by atoms with Crippen LogP contribution >= 0.6 is 0 Å². The van der Waals surface area contributed by atoms with Crippen LogP contribution in [-0.4, -0.2) is 0 Å². The Morgan fingerprint density at radius 3 is 2.89 bits per heavy atom. The highest BCUT2D eigenvalue weighted by Crippen LogP contribution is 2.15. The van der Waals surface area contributed by atoms with Crippen molar-refractivity contribution in [2.45, 2.75) is 20.3 Å². The molecule has 0 aromatic heterocycles. The van der Waals surface area contributed by atoms with Gasteiger partial charge in [-0.1, -0.05) is 23.8 Å². The van der Waals surface area contributed by atoms with Crippen LogP contribution in [0.15, 0.2) is 29.4 Å². The van der Waals surface area contributed by atoms with Gasteiger partial charge >= 0.3 is 0 Å². The Kier molecular flexibility index (Phi) is 1.88. The predicted molar refractivity (Wildman–Crippen MR) is 39.9 cm³/mol. The van der Waals surface area contributed by atoms with E-state index in [0.29, 0.717) is 0 Å². The Labute approximate surface area is 56.6 Å². The molecule has 9 heavy (non-hydrogen) atoms. The van der Waals surface area contributed by atoms with E-state index in [1.54, 1.807) is 0 Å². The highest BCUT2D eigenvalue weighted by Gasteiger charge is 1.96. The van der Waals surface area contributed by atoms with Gasteiger partial charge in [-0.05, 0) is 31.9 Å². The van der Waals surface area contributed by atoms with Gasteiger partial charge in [-0.15, -0.1) is 0 Å². The molecule has 0 heterocycles. The quantitative estimate of drug-likeness (QED) is 0.460. The maximum absolute atomic E-state index is 3.16. The van der Waals surface area contributed by atoms with Gasteiger partial charge in [0.15, 0.2) is 0 Å². The van der Waals surface area contributed by atoms with Crippen LogP contribution in [0.2, 0.25) is 0 Å². The van der Waals surface area contributed by atoms with E-state index >= 15 is 0 Å². The summed E-state index contributed by atoms with van der Waals surface area (Å²) < 4.78 is 0. The van der Waals surface area contributed by atoms with Crippen molar-refractivity contribution in [2.75, 3.05) is 0 Å². The van der Waals surface area contributed by atoms with E-state index in [0.717, 1.165) is 6.42 Å². The summed E-state index contributed by atoms with van der Waals surface area (Å²) in [6, 6.07) is 0. The van der Waals surface area contributed by atoms with Crippen molar-refractivity contribution >= 4 is 0 Å². The maximum Gasteiger partial charge on any atom is -0.00639 e. The summed E-state index contributed by atoms with van der Waals surface area (Å²) in [5.74, 6) is 0. The van der Waals surface area contributed by atoms with Crippen LogP contribution in [0, 0.1) is 6.08 Å². The summed E-state index contributed by atoms with van der Waals surface area (Å²) in [6.07, 6.45) is 10.4. The van der Waals surface area contributed by atoms with Crippen molar-refractivity contribution in [3.8, 4) is 0 Å². The Bertz CT molecular complexity index is 180. The Morgan fingerprint density at radius 1 is 1.67 bits per heavy atom. The summed E-state index contributed by atoms with van der Waals surface area (Å²) in [5, 5.41) is 0. The second-order valence-corrected chi connectivity index (χ2v) is 2.31. The fourth-order valence-corrected chi connectivity index (χ4v) is 0.887. The summed E-state index contributed by atoms with van der Waals surface area (Å²) in [4.78, 5) is 0. The molecule has 0 aliphatic heterocycles. The van der Waals surface area contributed by atoms with E-state index in [1.165, 1.54) is 11.1 Å². The first-order valence-electron chi connectivity index (χ1n) is 3.23. The van der Waals surface area contributed by atoms with E-state index in [4.69, 9.17) is 0 Å². The second-order valence-electron chi connectivity index (χ2n) is 2.31. The van der Waals surface area contributed by atoms with Gasteiger partial charge in [0.05, 0.1) is 0 Å². The van der Waals surface area contributed by atoms with E-state index in [-0.39, 0.29) is 0 Å². The van der Waals surface area contributed by atoms with Gasteiger partial charge in [0.1, 0.15) is 0 Å². The third kappa shape index (κ3) is 1.56. The fraction of sp³-hybridized carbons (Fsp3) is 0.333. The molecule has 0 heteroatoms. The highest BCUT2D eigenvalue weighted by molar-refractivity contribution is 5.28. The Morgan fingerprint density at radius 2 is 2.44 bits per heavy atom. The highest BCUT2D eigenvalue weighted by atomic mass is 14.0. The monoisotopic (exact) mass is 119 g/mol. The lowest BCUT2D eigenvalue weighted by Gasteiger charge is -2.04. The summed E-state index contributed by atoms with van der Waals surface area (Å²) >= 11 is 0. The maximum atomic E-state index is 3.16. The summed E-state index contributed by atoms with van der Waals surface area (Å²) in [5.41, 5.74) is 2.72. The normalized spacial score (nSPS) is 22.4. The minimum absolute atomic E-state index is 1.08. The molecule has 47 valence electrons. The molecule has 1 rings (SSSR count). The number of hydrogen-bond donors (Lipinski definition) is 0. The average molecular weight is 119 g/mol. The molecule has 0 spiro atoms. The molecule has 0 nitrogen and oxygen atoms in total. The first-order chi connectivity index (χ1) is 4.33. The Balaban J connectivity index is 2.73. The van der Waals surface area contributed by atoms with Crippen molar-refractivity contribution in [2.24, 2.45) is 0 Å². The fourth-order valence-electron chi connectivity index (χ4n) is 0.887. The molecule has 0 amide bonds. The first-order valence-corrected chi connectivity index (χ1v) is 3.23. The van der Waals surface area contributed by atoms with E-state index in [2.05, 4.69) is 32.1 Å². The van der Waals surface area contributed by atoms with E-state index in [9.17, 15) is 0 Å². The van der Waals surface area contributed by atoms with Crippen LogP contribution in [0.25, 0.3) is 0 Å². The molecule has 1 aliphatic carbocycles. The van der Waals surface area contributed by atoms with Crippen molar-refractivity contribution < 1.29 is 0 Å². The van der Waals surface area contributed by atoms with Crippen LogP contribution < -0.4 is 0 Å². The van der Waals surface area contributed by atoms with Gasteiger partial charge in [-0.25, -0.2) is 0 Å². The summed E-state index contributed by atoms with van der Waals surface area (Å²) in [7, 11) is 0. The number of rotatable bonds is 0. The zero-order chi connectivity index (χ0) is 6.69.